The molecular formula is C12H19N3. The van der Waals surface area contributed by atoms with Gasteiger partial charge in [-0.25, -0.2) is 0 Å². The van der Waals surface area contributed by atoms with Crippen molar-refractivity contribution < 1.29 is 0 Å². The summed E-state index contributed by atoms with van der Waals surface area (Å²) in [7, 11) is 0. The fraction of sp³-hybridized carbons (Fsp3) is 0.750. The van der Waals surface area contributed by atoms with Crippen LogP contribution < -0.4 is 5.73 Å². The Kier molecular flexibility index (Phi) is 2.19. The number of aromatic amines is 1. The molecule has 2 fully saturated rings. The number of hydrogen-bond donors (Lipinski definition) is 2. The lowest BCUT2D eigenvalue weighted by atomic mass is 9.83. The lowest BCUT2D eigenvalue weighted by Crippen LogP contribution is -2.08. The summed E-state index contributed by atoms with van der Waals surface area (Å²) in [4.78, 5) is 0. The average molecular weight is 205 g/mol. The summed E-state index contributed by atoms with van der Waals surface area (Å²) < 4.78 is 0. The topological polar surface area (TPSA) is 54.7 Å². The highest BCUT2D eigenvalue weighted by atomic mass is 15.2. The van der Waals surface area contributed by atoms with Crippen LogP contribution in [0.3, 0.4) is 0 Å². The van der Waals surface area contributed by atoms with Crippen LogP contribution in [0.4, 0.5) is 5.82 Å². The van der Waals surface area contributed by atoms with Gasteiger partial charge < -0.3 is 5.73 Å². The summed E-state index contributed by atoms with van der Waals surface area (Å²) in [5.74, 6) is 2.20. The third kappa shape index (κ3) is 1.64. The first-order chi connectivity index (χ1) is 7.36. The molecule has 3 heteroatoms. The molecule has 0 atom stereocenters. The number of aromatic nitrogens is 2. The Bertz CT molecular complexity index is 346. The summed E-state index contributed by atoms with van der Waals surface area (Å²) in [6.45, 7) is 0. The van der Waals surface area contributed by atoms with Gasteiger partial charge in [0.15, 0.2) is 0 Å². The van der Waals surface area contributed by atoms with Gasteiger partial charge in [0, 0.05) is 17.2 Å². The van der Waals surface area contributed by atoms with Crippen LogP contribution in [-0.2, 0) is 0 Å². The van der Waals surface area contributed by atoms with Crippen LogP contribution in [0, 0.1) is 0 Å². The van der Waals surface area contributed by atoms with Crippen molar-refractivity contribution in [2.45, 2.75) is 56.8 Å². The fourth-order valence-corrected chi connectivity index (χ4v) is 2.88. The van der Waals surface area contributed by atoms with E-state index >= 15 is 0 Å². The van der Waals surface area contributed by atoms with E-state index in [1.807, 2.05) is 0 Å². The highest BCUT2D eigenvalue weighted by Crippen LogP contribution is 2.46. The lowest BCUT2D eigenvalue weighted by molar-refractivity contribution is 0.442. The van der Waals surface area contributed by atoms with Crippen molar-refractivity contribution in [1.29, 1.82) is 0 Å². The third-order valence-electron chi connectivity index (χ3n) is 3.86. The summed E-state index contributed by atoms with van der Waals surface area (Å²) in [6, 6.07) is 0. The first kappa shape index (κ1) is 9.25. The van der Waals surface area contributed by atoms with Crippen LogP contribution in [0.25, 0.3) is 0 Å². The predicted octanol–water partition coefficient (Wildman–Crippen LogP) is 2.92. The molecule has 1 heterocycles. The van der Waals surface area contributed by atoms with Crippen molar-refractivity contribution in [1.82, 2.24) is 10.2 Å². The van der Waals surface area contributed by atoms with E-state index in [-0.39, 0.29) is 0 Å². The van der Waals surface area contributed by atoms with Gasteiger partial charge in [-0.3, -0.25) is 5.10 Å². The van der Waals surface area contributed by atoms with Crippen molar-refractivity contribution in [3.63, 3.8) is 0 Å². The number of nitrogens with zero attached hydrogens (tertiary/aromatic N) is 1. The predicted molar refractivity (Wildman–Crippen MR) is 60.8 cm³/mol. The van der Waals surface area contributed by atoms with E-state index in [0.717, 1.165) is 11.7 Å². The highest BCUT2D eigenvalue weighted by Gasteiger charge is 2.32. The molecule has 0 unspecified atom stereocenters. The Balaban J connectivity index is 1.90. The summed E-state index contributed by atoms with van der Waals surface area (Å²) in [5, 5.41) is 7.36. The number of nitrogens with two attached hydrogens (primary N) is 1. The minimum Gasteiger partial charge on any atom is -0.382 e. The highest BCUT2D eigenvalue weighted by molar-refractivity contribution is 5.47. The molecule has 2 saturated carbocycles. The number of rotatable bonds is 2. The Hall–Kier alpha value is -0.990. The van der Waals surface area contributed by atoms with Crippen molar-refractivity contribution in [2.75, 3.05) is 5.73 Å². The van der Waals surface area contributed by atoms with Crippen molar-refractivity contribution in [3.05, 3.63) is 11.3 Å². The van der Waals surface area contributed by atoms with Gasteiger partial charge in [-0.05, 0) is 31.6 Å². The summed E-state index contributed by atoms with van der Waals surface area (Å²) >= 11 is 0. The van der Waals surface area contributed by atoms with E-state index in [0.29, 0.717) is 5.92 Å². The SMILES string of the molecule is Nc1n[nH]c(C2CC2)c1C1CCCCC1. The van der Waals surface area contributed by atoms with Crippen LogP contribution in [0.2, 0.25) is 0 Å². The number of H-pyrrole nitrogens is 1. The molecule has 0 spiro atoms. The molecule has 2 aliphatic rings. The van der Waals surface area contributed by atoms with E-state index in [1.165, 1.54) is 56.2 Å². The quantitative estimate of drug-likeness (QED) is 0.780. The van der Waals surface area contributed by atoms with Gasteiger partial charge in [-0.1, -0.05) is 19.3 Å². The zero-order valence-electron chi connectivity index (χ0n) is 9.13. The maximum Gasteiger partial charge on any atom is 0.148 e. The second-order valence-corrected chi connectivity index (χ2v) is 5.05. The monoisotopic (exact) mass is 205 g/mol. The van der Waals surface area contributed by atoms with Gasteiger partial charge >= 0.3 is 0 Å². The normalized spacial score (nSPS) is 23.2. The molecule has 2 aliphatic carbocycles. The molecule has 0 aromatic carbocycles. The summed E-state index contributed by atoms with van der Waals surface area (Å²) in [6.07, 6.45) is 9.38. The van der Waals surface area contributed by atoms with Crippen LogP contribution in [-0.4, -0.2) is 10.2 Å². The molecule has 0 aliphatic heterocycles. The van der Waals surface area contributed by atoms with E-state index in [4.69, 9.17) is 5.73 Å². The second-order valence-electron chi connectivity index (χ2n) is 5.05. The standard InChI is InChI=1S/C12H19N3/c13-12-10(8-4-2-1-3-5-8)11(14-15-12)9-6-7-9/h8-9H,1-7H2,(H3,13,14,15). The molecule has 82 valence electrons. The first-order valence-electron chi connectivity index (χ1n) is 6.20. The smallest absolute Gasteiger partial charge is 0.148 e. The Labute approximate surface area is 90.4 Å². The van der Waals surface area contributed by atoms with Crippen molar-refractivity contribution in [2.24, 2.45) is 0 Å². The van der Waals surface area contributed by atoms with Crippen molar-refractivity contribution in [3.8, 4) is 0 Å². The van der Waals surface area contributed by atoms with Crippen LogP contribution in [0.1, 0.15) is 68.0 Å². The fourth-order valence-electron chi connectivity index (χ4n) is 2.88. The van der Waals surface area contributed by atoms with Gasteiger partial charge in [0.2, 0.25) is 0 Å². The van der Waals surface area contributed by atoms with Crippen LogP contribution in [0.15, 0.2) is 0 Å². The van der Waals surface area contributed by atoms with Gasteiger partial charge in [-0.2, -0.15) is 5.10 Å². The number of hydrogen-bond acceptors (Lipinski definition) is 2. The zero-order valence-corrected chi connectivity index (χ0v) is 9.13. The largest absolute Gasteiger partial charge is 0.382 e. The van der Waals surface area contributed by atoms with E-state index in [1.54, 1.807) is 0 Å². The van der Waals surface area contributed by atoms with E-state index in [9.17, 15) is 0 Å². The molecule has 1 aromatic rings. The Morgan fingerprint density at radius 1 is 1.00 bits per heavy atom. The molecular weight excluding hydrogens is 186 g/mol. The van der Waals surface area contributed by atoms with Crippen LogP contribution in [0.5, 0.6) is 0 Å². The molecule has 0 radical (unpaired) electrons. The maximum absolute atomic E-state index is 6.00. The van der Waals surface area contributed by atoms with Crippen molar-refractivity contribution >= 4 is 5.82 Å². The molecule has 0 saturated heterocycles. The molecule has 15 heavy (non-hydrogen) atoms. The van der Waals surface area contributed by atoms with E-state index in [2.05, 4.69) is 10.2 Å². The zero-order chi connectivity index (χ0) is 10.3. The van der Waals surface area contributed by atoms with E-state index < -0.39 is 0 Å². The number of nitrogens with one attached hydrogen (secondary N) is 1. The van der Waals surface area contributed by atoms with Gasteiger partial charge in [0.05, 0.1) is 0 Å². The minimum absolute atomic E-state index is 0.688. The number of anilines is 1. The van der Waals surface area contributed by atoms with Gasteiger partial charge in [0.25, 0.3) is 0 Å². The molecule has 0 bridgehead atoms. The molecule has 3 N–H and O–H groups in total. The van der Waals surface area contributed by atoms with Crippen LogP contribution >= 0.6 is 0 Å². The van der Waals surface area contributed by atoms with Gasteiger partial charge in [-0.15, -0.1) is 0 Å². The molecule has 1 aromatic heterocycles. The average Bonchev–Trinajstić information content (AvgIpc) is 3.04. The summed E-state index contributed by atoms with van der Waals surface area (Å²) in [5.41, 5.74) is 8.73. The lowest BCUT2D eigenvalue weighted by Gasteiger charge is -2.22. The Morgan fingerprint density at radius 2 is 1.73 bits per heavy atom. The third-order valence-corrected chi connectivity index (χ3v) is 3.86. The molecule has 3 nitrogen and oxygen atoms in total. The first-order valence-corrected chi connectivity index (χ1v) is 6.20. The van der Waals surface area contributed by atoms with Gasteiger partial charge in [0.1, 0.15) is 5.82 Å². The second kappa shape index (κ2) is 3.54. The minimum atomic E-state index is 0.688. The number of nitrogen functional groups attached to an aromatic ring is 1. The molecule has 0 amide bonds. The maximum atomic E-state index is 6.00. The molecule has 3 rings (SSSR count). The Morgan fingerprint density at radius 3 is 2.40 bits per heavy atom.